The highest BCUT2D eigenvalue weighted by molar-refractivity contribution is 5.59. The van der Waals surface area contributed by atoms with Crippen molar-refractivity contribution in [1.29, 1.82) is 0 Å². The largest absolute Gasteiger partial charge is 0.354 e. The first kappa shape index (κ1) is 17.0. The molecule has 0 spiro atoms. The lowest BCUT2D eigenvalue weighted by atomic mass is 10.1. The standard InChI is InChI=1S/C21H24N4/c1-15-9-10-19(13-16(15)2)24-20-14-17(3)23-21(25-20)22-12-11-18-7-5-4-6-8-18/h4-10,13-14H,11-12H2,1-3H3,(H2,22,23,24,25). The van der Waals surface area contributed by atoms with Crippen LogP contribution in [0.1, 0.15) is 22.4 Å². The van der Waals surface area contributed by atoms with E-state index < -0.39 is 0 Å². The SMILES string of the molecule is Cc1cc(Nc2ccc(C)c(C)c2)nc(NCCc2ccccc2)n1. The molecule has 0 aliphatic carbocycles. The zero-order chi connectivity index (χ0) is 17.6. The summed E-state index contributed by atoms with van der Waals surface area (Å²) >= 11 is 0. The van der Waals surface area contributed by atoms with Gasteiger partial charge in [-0.2, -0.15) is 4.98 Å². The van der Waals surface area contributed by atoms with Gasteiger partial charge >= 0.3 is 0 Å². The van der Waals surface area contributed by atoms with Crippen molar-refractivity contribution in [3.05, 3.63) is 77.0 Å². The molecule has 1 heterocycles. The average Bonchev–Trinajstić information content (AvgIpc) is 2.59. The Hall–Kier alpha value is -2.88. The number of aromatic nitrogens is 2. The summed E-state index contributed by atoms with van der Waals surface area (Å²) in [4.78, 5) is 9.05. The van der Waals surface area contributed by atoms with E-state index in [0.717, 1.165) is 30.2 Å². The third kappa shape index (κ3) is 4.80. The van der Waals surface area contributed by atoms with E-state index >= 15 is 0 Å². The lowest BCUT2D eigenvalue weighted by Gasteiger charge is -2.11. The third-order valence-electron chi connectivity index (χ3n) is 4.17. The molecule has 0 aliphatic rings. The van der Waals surface area contributed by atoms with Gasteiger partial charge in [0.05, 0.1) is 0 Å². The number of hydrogen-bond acceptors (Lipinski definition) is 4. The molecule has 0 amide bonds. The molecule has 4 nitrogen and oxygen atoms in total. The first-order valence-electron chi connectivity index (χ1n) is 8.58. The van der Waals surface area contributed by atoms with E-state index in [0.29, 0.717) is 5.95 Å². The third-order valence-corrected chi connectivity index (χ3v) is 4.17. The summed E-state index contributed by atoms with van der Waals surface area (Å²) < 4.78 is 0. The maximum atomic E-state index is 4.58. The van der Waals surface area contributed by atoms with Gasteiger partial charge in [-0.15, -0.1) is 0 Å². The summed E-state index contributed by atoms with van der Waals surface area (Å²) in [5.41, 5.74) is 5.82. The van der Waals surface area contributed by atoms with Crippen LogP contribution < -0.4 is 10.6 Å². The fourth-order valence-corrected chi connectivity index (χ4v) is 2.64. The van der Waals surface area contributed by atoms with Crippen molar-refractivity contribution in [3.8, 4) is 0 Å². The number of benzene rings is 2. The van der Waals surface area contributed by atoms with Crippen LogP contribution in [-0.4, -0.2) is 16.5 Å². The second-order valence-electron chi connectivity index (χ2n) is 6.30. The van der Waals surface area contributed by atoms with E-state index in [1.54, 1.807) is 0 Å². The van der Waals surface area contributed by atoms with Crippen molar-refractivity contribution in [2.75, 3.05) is 17.2 Å². The molecule has 0 bridgehead atoms. The van der Waals surface area contributed by atoms with Crippen molar-refractivity contribution >= 4 is 17.5 Å². The highest BCUT2D eigenvalue weighted by atomic mass is 15.1. The molecule has 3 rings (SSSR count). The molecule has 0 saturated heterocycles. The van der Waals surface area contributed by atoms with Gasteiger partial charge < -0.3 is 10.6 Å². The maximum Gasteiger partial charge on any atom is 0.224 e. The molecular formula is C21H24N4. The molecule has 25 heavy (non-hydrogen) atoms. The molecule has 0 atom stereocenters. The van der Waals surface area contributed by atoms with E-state index in [1.165, 1.54) is 16.7 Å². The summed E-state index contributed by atoms with van der Waals surface area (Å²) in [6, 6.07) is 18.7. The topological polar surface area (TPSA) is 49.8 Å². The molecule has 3 aromatic rings. The minimum absolute atomic E-state index is 0.655. The van der Waals surface area contributed by atoms with Crippen LogP contribution in [0, 0.1) is 20.8 Å². The number of nitrogens with zero attached hydrogens (tertiary/aromatic N) is 2. The first-order valence-corrected chi connectivity index (χ1v) is 8.58. The quantitative estimate of drug-likeness (QED) is 0.681. The Morgan fingerprint density at radius 3 is 2.40 bits per heavy atom. The zero-order valence-electron chi connectivity index (χ0n) is 15.0. The van der Waals surface area contributed by atoms with E-state index in [9.17, 15) is 0 Å². The molecule has 1 aromatic heterocycles. The second kappa shape index (κ2) is 7.79. The maximum absolute atomic E-state index is 4.58. The first-order chi connectivity index (χ1) is 12.1. The van der Waals surface area contributed by atoms with E-state index in [2.05, 4.69) is 76.9 Å². The average molecular weight is 332 g/mol. The van der Waals surface area contributed by atoms with Gasteiger partial charge in [-0.3, -0.25) is 0 Å². The Bertz CT molecular complexity index is 844. The van der Waals surface area contributed by atoms with Crippen molar-refractivity contribution in [1.82, 2.24) is 9.97 Å². The number of hydrogen-bond donors (Lipinski definition) is 2. The molecule has 128 valence electrons. The van der Waals surface area contributed by atoms with Crippen molar-refractivity contribution in [2.45, 2.75) is 27.2 Å². The molecule has 0 radical (unpaired) electrons. The van der Waals surface area contributed by atoms with Gasteiger partial charge in [0.25, 0.3) is 0 Å². The van der Waals surface area contributed by atoms with Crippen LogP contribution in [-0.2, 0) is 6.42 Å². The van der Waals surface area contributed by atoms with E-state index in [4.69, 9.17) is 0 Å². The smallest absolute Gasteiger partial charge is 0.224 e. The number of rotatable bonds is 6. The molecule has 2 aromatic carbocycles. The summed E-state index contributed by atoms with van der Waals surface area (Å²) in [6.45, 7) is 7.01. The summed E-state index contributed by atoms with van der Waals surface area (Å²) in [7, 11) is 0. The summed E-state index contributed by atoms with van der Waals surface area (Å²) in [5, 5.41) is 6.69. The van der Waals surface area contributed by atoms with Crippen molar-refractivity contribution < 1.29 is 0 Å². The Kier molecular flexibility index (Phi) is 5.29. The van der Waals surface area contributed by atoms with Crippen LogP contribution in [0.25, 0.3) is 0 Å². The Balaban J connectivity index is 1.66. The lowest BCUT2D eigenvalue weighted by Crippen LogP contribution is -2.09. The molecule has 0 saturated carbocycles. The zero-order valence-corrected chi connectivity index (χ0v) is 15.0. The van der Waals surface area contributed by atoms with Gasteiger partial charge in [0.1, 0.15) is 5.82 Å². The molecular weight excluding hydrogens is 308 g/mol. The van der Waals surface area contributed by atoms with Crippen LogP contribution in [0.2, 0.25) is 0 Å². The molecule has 4 heteroatoms. The van der Waals surface area contributed by atoms with Gasteiger partial charge in [0.2, 0.25) is 5.95 Å². The van der Waals surface area contributed by atoms with Crippen LogP contribution in [0.3, 0.4) is 0 Å². The predicted octanol–water partition coefficient (Wildman–Crippen LogP) is 4.80. The Morgan fingerprint density at radius 2 is 1.64 bits per heavy atom. The van der Waals surface area contributed by atoms with Crippen LogP contribution in [0.5, 0.6) is 0 Å². The number of nitrogens with one attached hydrogen (secondary N) is 2. The van der Waals surface area contributed by atoms with Crippen LogP contribution in [0.4, 0.5) is 17.5 Å². The van der Waals surface area contributed by atoms with Gasteiger partial charge in [0.15, 0.2) is 0 Å². The summed E-state index contributed by atoms with van der Waals surface area (Å²) in [6.07, 6.45) is 0.943. The predicted molar refractivity (Wildman–Crippen MR) is 105 cm³/mol. The Labute approximate surface area is 149 Å². The van der Waals surface area contributed by atoms with Crippen molar-refractivity contribution in [2.24, 2.45) is 0 Å². The monoisotopic (exact) mass is 332 g/mol. The lowest BCUT2D eigenvalue weighted by molar-refractivity contribution is 0.976. The van der Waals surface area contributed by atoms with Crippen molar-refractivity contribution in [3.63, 3.8) is 0 Å². The fraction of sp³-hybridized carbons (Fsp3) is 0.238. The normalized spacial score (nSPS) is 10.5. The van der Waals surface area contributed by atoms with Crippen LogP contribution >= 0.6 is 0 Å². The molecule has 0 fully saturated rings. The van der Waals surface area contributed by atoms with Gasteiger partial charge in [-0.05, 0) is 56.0 Å². The second-order valence-corrected chi connectivity index (χ2v) is 6.30. The number of aryl methyl sites for hydroxylation is 3. The molecule has 2 N–H and O–H groups in total. The van der Waals surface area contributed by atoms with E-state index in [-0.39, 0.29) is 0 Å². The summed E-state index contributed by atoms with van der Waals surface area (Å²) in [5.74, 6) is 1.46. The van der Waals surface area contributed by atoms with Gasteiger partial charge in [0, 0.05) is 24.0 Å². The minimum atomic E-state index is 0.655. The minimum Gasteiger partial charge on any atom is -0.354 e. The molecule has 0 aliphatic heterocycles. The Morgan fingerprint density at radius 1 is 0.840 bits per heavy atom. The highest BCUT2D eigenvalue weighted by Gasteiger charge is 2.04. The van der Waals surface area contributed by atoms with Crippen LogP contribution in [0.15, 0.2) is 54.6 Å². The highest BCUT2D eigenvalue weighted by Crippen LogP contribution is 2.19. The molecule has 0 unspecified atom stereocenters. The fourth-order valence-electron chi connectivity index (χ4n) is 2.64. The number of anilines is 3. The van der Waals surface area contributed by atoms with Gasteiger partial charge in [-0.25, -0.2) is 4.98 Å². The van der Waals surface area contributed by atoms with E-state index in [1.807, 2.05) is 19.1 Å². The van der Waals surface area contributed by atoms with Gasteiger partial charge in [-0.1, -0.05) is 36.4 Å².